The molecule has 1 amide bonds. The number of carbonyl (C=O) groups excluding carboxylic acids is 1. The summed E-state index contributed by atoms with van der Waals surface area (Å²) in [5, 5.41) is 4.79. The summed E-state index contributed by atoms with van der Waals surface area (Å²) >= 11 is 12.6. The fourth-order valence-corrected chi connectivity index (χ4v) is 4.55. The first-order valence-corrected chi connectivity index (χ1v) is 11.7. The monoisotopic (exact) mass is 487 g/mol. The van der Waals surface area contributed by atoms with Crippen molar-refractivity contribution >= 4 is 57.1 Å². The van der Waals surface area contributed by atoms with Crippen LogP contribution in [0, 0.1) is 0 Å². The van der Waals surface area contributed by atoms with Gasteiger partial charge in [0, 0.05) is 37.3 Å². The number of primary amides is 1. The van der Waals surface area contributed by atoms with Crippen LogP contribution in [0.5, 0.6) is 5.75 Å². The summed E-state index contributed by atoms with van der Waals surface area (Å²) in [5.41, 5.74) is 8.69. The van der Waals surface area contributed by atoms with E-state index in [1.54, 1.807) is 25.3 Å². The van der Waals surface area contributed by atoms with E-state index >= 15 is 0 Å². The number of ether oxygens (including phenoxy) is 1. The van der Waals surface area contributed by atoms with Gasteiger partial charge in [0.25, 0.3) is 5.91 Å². The van der Waals surface area contributed by atoms with E-state index in [0.29, 0.717) is 26.9 Å². The lowest BCUT2D eigenvalue weighted by Crippen LogP contribution is -2.30. The largest absolute Gasteiger partial charge is 0.495 e. The minimum absolute atomic E-state index is 0.266. The highest BCUT2D eigenvalue weighted by Gasteiger charge is 2.21. The van der Waals surface area contributed by atoms with Gasteiger partial charge in [-0.15, -0.1) is 0 Å². The zero-order valence-corrected chi connectivity index (χ0v) is 20.2. The van der Waals surface area contributed by atoms with Crippen molar-refractivity contribution in [3.8, 4) is 5.75 Å². The van der Waals surface area contributed by atoms with Gasteiger partial charge >= 0.3 is 0 Å². The lowest BCUT2D eigenvalue weighted by atomic mass is 10.1. The van der Waals surface area contributed by atoms with Gasteiger partial charge < -0.3 is 25.6 Å². The summed E-state index contributed by atoms with van der Waals surface area (Å²) in [5.74, 6) is 0.147. The molecule has 0 atom stereocenters. The van der Waals surface area contributed by atoms with Crippen LogP contribution in [-0.4, -0.2) is 55.6 Å². The van der Waals surface area contributed by atoms with Crippen molar-refractivity contribution in [3.05, 3.63) is 52.1 Å². The van der Waals surface area contributed by atoms with Gasteiger partial charge in [0.2, 0.25) is 0 Å². The van der Waals surface area contributed by atoms with E-state index in [0.717, 1.165) is 56.0 Å². The van der Waals surface area contributed by atoms with Gasteiger partial charge in [-0.2, -0.15) is 0 Å². The van der Waals surface area contributed by atoms with E-state index in [9.17, 15) is 4.79 Å². The zero-order valence-electron chi connectivity index (χ0n) is 18.7. The molecule has 7 nitrogen and oxygen atoms in total. The molecular weight excluding hydrogens is 461 g/mol. The number of rotatable bonds is 6. The molecular formula is C24H27Cl2N5O2. The molecule has 0 spiro atoms. The summed E-state index contributed by atoms with van der Waals surface area (Å²) in [6, 6.07) is 9.19. The summed E-state index contributed by atoms with van der Waals surface area (Å²) in [6.07, 6.45) is 2.52. The number of fused-ring (bicyclic) bond motifs is 1. The highest BCUT2D eigenvalue weighted by Crippen LogP contribution is 2.39. The average Bonchev–Trinajstić information content (AvgIpc) is 3.06. The Morgan fingerprint density at radius 2 is 2.03 bits per heavy atom. The highest BCUT2D eigenvalue weighted by molar-refractivity contribution is 6.43. The van der Waals surface area contributed by atoms with Crippen molar-refractivity contribution in [2.45, 2.75) is 13.3 Å². The van der Waals surface area contributed by atoms with Gasteiger partial charge in [0.1, 0.15) is 5.75 Å². The Labute approximate surface area is 203 Å². The summed E-state index contributed by atoms with van der Waals surface area (Å²) in [7, 11) is 1.66. The summed E-state index contributed by atoms with van der Waals surface area (Å²) in [6.45, 7) is 7.04. The second kappa shape index (κ2) is 10.0. The molecule has 0 bridgehead atoms. The molecule has 1 saturated heterocycles. The van der Waals surface area contributed by atoms with Gasteiger partial charge in [-0.05, 0) is 37.7 Å². The van der Waals surface area contributed by atoms with Crippen molar-refractivity contribution in [2.24, 2.45) is 5.73 Å². The van der Waals surface area contributed by atoms with Crippen molar-refractivity contribution in [2.75, 3.05) is 50.1 Å². The van der Waals surface area contributed by atoms with E-state index in [1.807, 2.05) is 12.1 Å². The van der Waals surface area contributed by atoms with Gasteiger partial charge in [-0.25, -0.2) is 0 Å². The lowest BCUT2D eigenvalue weighted by molar-refractivity contribution is 0.100. The number of hydrogen-bond acceptors (Lipinski definition) is 6. The number of carbonyl (C=O) groups is 1. The van der Waals surface area contributed by atoms with Crippen LogP contribution in [0.15, 0.2) is 36.5 Å². The van der Waals surface area contributed by atoms with Crippen molar-refractivity contribution < 1.29 is 9.53 Å². The molecule has 9 heteroatoms. The number of anilines is 3. The number of likely N-dealkylation sites (N-methyl/N-ethyl adjacent to an activating group) is 1. The van der Waals surface area contributed by atoms with E-state index in [2.05, 4.69) is 27.0 Å². The zero-order chi connectivity index (χ0) is 23.5. The van der Waals surface area contributed by atoms with E-state index in [1.165, 1.54) is 6.20 Å². The molecule has 2 heterocycles. The number of aromatic nitrogens is 1. The van der Waals surface area contributed by atoms with Crippen LogP contribution in [-0.2, 0) is 0 Å². The van der Waals surface area contributed by atoms with E-state index in [4.69, 9.17) is 33.7 Å². The van der Waals surface area contributed by atoms with E-state index in [-0.39, 0.29) is 5.56 Å². The van der Waals surface area contributed by atoms with E-state index < -0.39 is 5.91 Å². The van der Waals surface area contributed by atoms with Crippen LogP contribution in [0.25, 0.3) is 10.9 Å². The Bertz CT molecular complexity index is 1190. The topological polar surface area (TPSA) is 83.7 Å². The third-order valence-electron chi connectivity index (χ3n) is 6.02. The maximum absolute atomic E-state index is 12.3. The molecule has 0 radical (unpaired) electrons. The molecule has 1 fully saturated rings. The Morgan fingerprint density at radius 1 is 1.21 bits per heavy atom. The molecule has 3 N–H and O–H groups in total. The number of hydrogen-bond donors (Lipinski definition) is 2. The second-order valence-corrected chi connectivity index (χ2v) is 8.74. The third-order valence-corrected chi connectivity index (χ3v) is 6.84. The number of pyridine rings is 1. The lowest BCUT2D eigenvalue weighted by Gasteiger charge is -2.26. The van der Waals surface area contributed by atoms with Gasteiger partial charge in [0.15, 0.2) is 0 Å². The number of halogens is 2. The first kappa shape index (κ1) is 23.4. The number of nitrogens with two attached hydrogens (primary N) is 1. The first-order chi connectivity index (χ1) is 15.9. The number of nitrogens with zero attached hydrogens (tertiary/aromatic N) is 3. The maximum atomic E-state index is 12.3. The van der Waals surface area contributed by atoms with Crippen LogP contribution in [0.2, 0.25) is 10.0 Å². The molecule has 0 saturated carbocycles. The quantitative estimate of drug-likeness (QED) is 0.512. The van der Waals surface area contributed by atoms with Crippen molar-refractivity contribution in [1.82, 2.24) is 9.88 Å². The fraction of sp³-hybridized carbons (Fsp3) is 0.333. The minimum atomic E-state index is -0.587. The molecule has 0 unspecified atom stereocenters. The Kier molecular flexibility index (Phi) is 7.12. The van der Waals surface area contributed by atoms with Crippen LogP contribution in [0.4, 0.5) is 17.1 Å². The SMILES string of the molecule is CCN1CCCN(c2cc3c(Nc4cccc(Cl)c4Cl)c(C(N)=O)cnc3cc2OC)CC1. The smallest absolute Gasteiger partial charge is 0.252 e. The molecule has 33 heavy (non-hydrogen) atoms. The predicted molar refractivity (Wildman–Crippen MR) is 136 cm³/mol. The number of benzene rings is 2. The fourth-order valence-electron chi connectivity index (χ4n) is 4.20. The molecule has 1 aromatic heterocycles. The van der Waals surface area contributed by atoms with Gasteiger partial charge in [-0.1, -0.05) is 36.2 Å². The number of nitrogens with one attached hydrogen (secondary N) is 1. The average molecular weight is 488 g/mol. The van der Waals surface area contributed by atoms with Gasteiger partial charge in [0.05, 0.1) is 45.3 Å². The minimum Gasteiger partial charge on any atom is -0.495 e. The predicted octanol–water partition coefficient (Wildman–Crippen LogP) is 4.92. The van der Waals surface area contributed by atoms with Gasteiger partial charge in [-0.3, -0.25) is 9.78 Å². The number of amides is 1. The number of methoxy groups -OCH3 is 1. The Balaban J connectivity index is 1.86. The maximum Gasteiger partial charge on any atom is 0.252 e. The standard InChI is InChI=1S/C24H27Cl2N5O2/c1-3-30-8-5-9-31(11-10-30)20-12-15-19(13-21(20)33-2)28-14-16(24(27)32)23(15)29-18-7-4-6-17(25)22(18)26/h4,6-7,12-14H,3,5,8-11H2,1-2H3,(H2,27,32)(H,28,29). The third kappa shape index (κ3) is 4.81. The Morgan fingerprint density at radius 3 is 2.76 bits per heavy atom. The van der Waals surface area contributed by atoms with Crippen molar-refractivity contribution in [3.63, 3.8) is 0 Å². The molecule has 1 aliphatic rings. The molecule has 1 aliphatic heterocycles. The Hall–Kier alpha value is -2.74. The van der Waals surface area contributed by atoms with Crippen LogP contribution < -0.4 is 20.7 Å². The highest BCUT2D eigenvalue weighted by atomic mass is 35.5. The van der Waals surface area contributed by atoms with Crippen LogP contribution in [0.3, 0.4) is 0 Å². The molecule has 174 valence electrons. The molecule has 3 aromatic rings. The summed E-state index contributed by atoms with van der Waals surface area (Å²) < 4.78 is 5.73. The molecule has 4 rings (SSSR count). The van der Waals surface area contributed by atoms with Crippen molar-refractivity contribution in [1.29, 1.82) is 0 Å². The first-order valence-electron chi connectivity index (χ1n) is 10.9. The molecule has 2 aromatic carbocycles. The van der Waals surface area contributed by atoms with Crippen LogP contribution in [0.1, 0.15) is 23.7 Å². The van der Waals surface area contributed by atoms with Crippen LogP contribution >= 0.6 is 23.2 Å². The second-order valence-electron chi connectivity index (χ2n) is 7.95. The molecule has 0 aliphatic carbocycles. The normalized spacial score (nSPS) is 14.8. The summed E-state index contributed by atoms with van der Waals surface area (Å²) in [4.78, 5) is 21.5.